The van der Waals surface area contributed by atoms with E-state index in [2.05, 4.69) is 29.8 Å². The summed E-state index contributed by atoms with van der Waals surface area (Å²) in [5.74, 6) is -1.18. The molecular formula is C30H33BBrNO5. The van der Waals surface area contributed by atoms with Crippen LogP contribution in [0.25, 0.3) is 6.08 Å². The van der Waals surface area contributed by atoms with Crippen LogP contribution < -0.4 is 4.90 Å². The number of allylic oxidation sites excluding steroid dienone is 2. The van der Waals surface area contributed by atoms with E-state index in [4.69, 9.17) is 4.65 Å². The van der Waals surface area contributed by atoms with E-state index in [1.807, 2.05) is 30.3 Å². The van der Waals surface area contributed by atoms with Crippen LogP contribution in [0.15, 0.2) is 69.7 Å². The van der Waals surface area contributed by atoms with Gasteiger partial charge in [0, 0.05) is 10.0 Å². The van der Waals surface area contributed by atoms with Gasteiger partial charge in [0.1, 0.15) is 5.75 Å². The smallest absolute Gasteiger partial charge is 0.455 e. The molecule has 8 heteroatoms. The van der Waals surface area contributed by atoms with Crippen LogP contribution >= 0.6 is 15.9 Å². The third-order valence-electron chi connectivity index (χ3n) is 8.28. The maximum absolute atomic E-state index is 13.7. The summed E-state index contributed by atoms with van der Waals surface area (Å²) >= 11 is 3.47. The van der Waals surface area contributed by atoms with Crippen molar-refractivity contribution in [2.45, 2.75) is 58.4 Å². The monoisotopic (exact) mass is 577 g/mol. The lowest BCUT2D eigenvalue weighted by molar-refractivity contribution is -0.122. The largest absolute Gasteiger partial charge is 0.507 e. The Kier molecular flexibility index (Phi) is 7.94. The SMILES string of the molecule is CCC1=C2[C@@H](CC/C(=C/c3cc(Br)ccc3O)CC)OB(O)C[C@@H]2[C@@H]2C(=O)N(c3ccccc3)C(=O)[C@@H]2C1. The van der Waals surface area contributed by atoms with Gasteiger partial charge in [-0.2, -0.15) is 0 Å². The normalized spacial score (nSPS) is 25.6. The van der Waals surface area contributed by atoms with Crippen molar-refractivity contribution in [3.8, 4) is 5.75 Å². The minimum atomic E-state index is -0.984. The fraction of sp³-hybridized carbons (Fsp3) is 0.400. The molecule has 198 valence electrons. The van der Waals surface area contributed by atoms with E-state index >= 15 is 0 Å². The fourth-order valence-electron chi connectivity index (χ4n) is 6.46. The molecule has 2 amide bonds. The van der Waals surface area contributed by atoms with E-state index in [0.717, 1.165) is 40.4 Å². The Morgan fingerprint density at radius 2 is 1.89 bits per heavy atom. The van der Waals surface area contributed by atoms with E-state index < -0.39 is 19.0 Å². The number of halogens is 1. The highest BCUT2D eigenvalue weighted by Gasteiger charge is 2.57. The Hall–Kier alpha value is -2.68. The number of hydrogen-bond donors (Lipinski definition) is 2. The lowest BCUT2D eigenvalue weighted by Gasteiger charge is -2.43. The Balaban J connectivity index is 1.42. The molecule has 0 unspecified atom stereocenters. The highest BCUT2D eigenvalue weighted by atomic mass is 79.9. The number of benzene rings is 2. The summed E-state index contributed by atoms with van der Waals surface area (Å²) in [6.45, 7) is 4.18. The van der Waals surface area contributed by atoms with Crippen molar-refractivity contribution in [2.24, 2.45) is 17.8 Å². The number of aromatic hydroxyl groups is 1. The fourth-order valence-corrected chi connectivity index (χ4v) is 6.84. The van der Waals surface area contributed by atoms with Gasteiger partial charge in [-0.25, -0.2) is 0 Å². The quantitative estimate of drug-likeness (QED) is 0.234. The summed E-state index contributed by atoms with van der Waals surface area (Å²) in [5.41, 5.74) is 4.80. The first-order chi connectivity index (χ1) is 18.3. The Morgan fingerprint density at radius 3 is 2.61 bits per heavy atom. The Bertz CT molecular complexity index is 1290. The van der Waals surface area contributed by atoms with E-state index in [0.29, 0.717) is 24.8 Å². The number of hydrogen-bond acceptors (Lipinski definition) is 5. The molecule has 5 rings (SSSR count). The van der Waals surface area contributed by atoms with E-state index in [1.54, 1.807) is 24.3 Å². The van der Waals surface area contributed by atoms with E-state index in [-0.39, 0.29) is 29.6 Å². The summed E-state index contributed by atoms with van der Waals surface area (Å²) in [6, 6.07) is 14.5. The van der Waals surface area contributed by atoms with Crippen LogP contribution in [-0.2, 0) is 14.2 Å². The summed E-state index contributed by atoms with van der Waals surface area (Å²) in [7, 11) is -0.984. The van der Waals surface area contributed by atoms with Gasteiger partial charge in [-0.05, 0) is 80.2 Å². The number of nitrogens with zero attached hydrogens (tertiary/aromatic N) is 1. The zero-order valence-electron chi connectivity index (χ0n) is 21.8. The van der Waals surface area contributed by atoms with Gasteiger partial charge in [-0.3, -0.25) is 14.5 Å². The molecule has 2 aliphatic heterocycles. The zero-order chi connectivity index (χ0) is 27.0. The van der Waals surface area contributed by atoms with Crippen molar-refractivity contribution >= 4 is 46.6 Å². The van der Waals surface area contributed by atoms with Crippen LogP contribution in [0.5, 0.6) is 5.75 Å². The number of para-hydroxylation sites is 1. The molecule has 0 spiro atoms. The minimum absolute atomic E-state index is 0.140. The van der Waals surface area contributed by atoms with Crippen molar-refractivity contribution in [3.63, 3.8) is 0 Å². The molecule has 2 aromatic rings. The van der Waals surface area contributed by atoms with Gasteiger partial charge in [0.05, 0.1) is 23.6 Å². The van der Waals surface area contributed by atoms with E-state index in [9.17, 15) is 19.7 Å². The highest BCUT2D eigenvalue weighted by molar-refractivity contribution is 9.10. The van der Waals surface area contributed by atoms with Crippen LogP contribution in [0.1, 0.15) is 51.5 Å². The van der Waals surface area contributed by atoms with Crippen LogP contribution in [0.4, 0.5) is 5.69 Å². The maximum atomic E-state index is 13.7. The van der Waals surface area contributed by atoms with Gasteiger partial charge in [0.2, 0.25) is 11.8 Å². The highest BCUT2D eigenvalue weighted by Crippen LogP contribution is 2.51. The van der Waals surface area contributed by atoms with Crippen LogP contribution in [-0.4, -0.2) is 35.2 Å². The van der Waals surface area contributed by atoms with Crippen LogP contribution in [0, 0.1) is 17.8 Å². The lowest BCUT2D eigenvalue weighted by atomic mass is 9.58. The standard InChI is InChI=1S/C30H33BBrNO5/c1-3-18(14-20-15-21(32)11-12-25(20)34)10-13-26-27-19(4-2)16-23-28(24(27)17-31(37)38-26)30(36)33(29(23)35)22-8-6-5-7-9-22/h5-9,11-12,14-15,23-24,26,28,34,37H,3-4,10,13,16-17H2,1-2H3/b18-14+/t23-,24+,26-,28-/m1/s1. The number of anilines is 1. The maximum Gasteiger partial charge on any atom is 0.455 e. The first kappa shape index (κ1) is 26.9. The molecule has 2 N–H and O–H groups in total. The molecule has 2 fully saturated rings. The van der Waals surface area contributed by atoms with Crippen molar-refractivity contribution in [1.29, 1.82) is 0 Å². The second-order valence-corrected chi connectivity index (χ2v) is 11.3. The second kappa shape index (κ2) is 11.2. The number of phenols is 1. The number of carbonyl (C=O) groups is 2. The molecule has 6 nitrogen and oxygen atoms in total. The number of carbonyl (C=O) groups excluding carboxylic acids is 2. The number of imide groups is 1. The third kappa shape index (κ3) is 5.02. The van der Waals surface area contributed by atoms with Crippen LogP contribution in [0.2, 0.25) is 6.32 Å². The van der Waals surface area contributed by atoms with Gasteiger partial charge in [-0.15, -0.1) is 0 Å². The average Bonchev–Trinajstić information content (AvgIpc) is 3.17. The number of rotatable bonds is 7. The summed E-state index contributed by atoms with van der Waals surface area (Å²) in [4.78, 5) is 28.6. The lowest BCUT2D eigenvalue weighted by Crippen LogP contribution is -2.46. The Morgan fingerprint density at radius 1 is 1.13 bits per heavy atom. The van der Waals surface area contributed by atoms with Gasteiger partial charge in [0.15, 0.2) is 0 Å². The van der Waals surface area contributed by atoms with Gasteiger partial charge < -0.3 is 14.8 Å². The van der Waals surface area contributed by atoms with Gasteiger partial charge >= 0.3 is 7.12 Å². The first-order valence-corrected chi connectivity index (χ1v) is 14.3. The number of fused-ring (bicyclic) bond motifs is 3. The summed E-state index contributed by atoms with van der Waals surface area (Å²) < 4.78 is 7.00. The minimum Gasteiger partial charge on any atom is -0.507 e. The van der Waals surface area contributed by atoms with Crippen molar-refractivity contribution in [2.75, 3.05) is 4.90 Å². The molecule has 4 atom stereocenters. The molecule has 0 bridgehead atoms. The molecule has 2 heterocycles. The molecule has 2 saturated heterocycles. The molecular weight excluding hydrogens is 545 g/mol. The van der Waals surface area contributed by atoms with E-state index in [1.165, 1.54) is 10.5 Å². The van der Waals surface area contributed by atoms with Crippen molar-refractivity contribution in [3.05, 3.63) is 75.3 Å². The number of phenolic OH excluding ortho intramolecular Hbond substituents is 1. The predicted octanol–water partition coefficient (Wildman–Crippen LogP) is 6.14. The molecule has 38 heavy (non-hydrogen) atoms. The summed E-state index contributed by atoms with van der Waals surface area (Å²) in [6.07, 6.45) is 5.54. The molecule has 0 aromatic heterocycles. The zero-order valence-corrected chi connectivity index (χ0v) is 23.4. The molecule has 0 saturated carbocycles. The molecule has 2 aromatic carbocycles. The second-order valence-electron chi connectivity index (χ2n) is 10.4. The number of amides is 2. The van der Waals surface area contributed by atoms with Crippen molar-refractivity contribution < 1.29 is 24.4 Å². The molecule has 0 radical (unpaired) electrons. The third-order valence-corrected chi connectivity index (χ3v) is 8.77. The van der Waals surface area contributed by atoms with Gasteiger partial charge in [-0.1, -0.05) is 65.2 Å². The molecule has 1 aliphatic carbocycles. The predicted molar refractivity (Wildman–Crippen MR) is 152 cm³/mol. The topological polar surface area (TPSA) is 87.1 Å². The van der Waals surface area contributed by atoms with Crippen molar-refractivity contribution in [1.82, 2.24) is 0 Å². The van der Waals surface area contributed by atoms with Crippen LogP contribution in [0.3, 0.4) is 0 Å². The molecule has 3 aliphatic rings. The first-order valence-electron chi connectivity index (χ1n) is 13.5. The average molecular weight is 578 g/mol. The summed E-state index contributed by atoms with van der Waals surface area (Å²) in [5, 5.41) is 21.0. The Labute approximate surface area is 232 Å². The van der Waals surface area contributed by atoms with Gasteiger partial charge in [0.25, 0.3) is 0 Å².